The van der Waals surface area contributed by atoms with Crippen LogP contribution in [0, 0.1) is 18.8 Å². The summed E-state index contributed by atoms with van der Waals surface area (Å²) < 4.78 is 1.63. The summed E-state index contributed by atoms with van der Waals surface area (Å²) in [5, 5.41) is 13.0. The van der Waals surface area contributed by atoms with Gasteiger partial charge in [0.25, 0.3) is 0 Å². The maximum absolute atomic E-state index is 10.9. The first kappa shape index (κ1) is 15.5. The maximum atomic E-state index is 10.9. The Kier molecular flexibility index (Phi) is 4.07. The summed E-state index contributed by atoms with van der Waals surface area (Å²) in [5.74, 6) is 1.44. The van der Waals surface area contributed by atoms with Gasteiger partial charge in [0.05, 0.1) is 18.3 Å². The number of aromatic carboxylic acids is 1. The van der Waals surface area contributed by atoms with E-state index in [4.69, 9.17) is 10.1 Å². The van der Waals surface area contributed by atoms with E-state index in [-0.39, 0.29) is 5.56 Å². The zero-order chi connectivity index (χ0) is 16.6. The van der Waals surface area contributed by atoms with Crippen molar-refractivity contribution in [3.8, 4) is 0 Å². The number of aryl methyl sites for hydroxylation is 1. The molecule has 2 atom stereocenters. The summed E-state index contributed by atoms with van der Waals surface area (Å²) >= 11 is 0. The van der Waals surface area contributed by atoms with Crippen molar-refractivity contribution in [2.24, 2.45) is 11.8 Å². The molecule has 6 heteroatoms. The quantitative estimate of drug-likeness (QED) is 0.938. The fourth-order valence-electron chi connectivity index (χ4n) is 2.97. The molecule has 0 bridgehead atoms. The van der Waals surface area contributed by atoms with Crippen molar-refractivity contribution in [1.29, 1.82) is 0 Å². The van der Waals surface area contributed by atoms with Gasteiger partial charge in [-0.15, -0.1) is 0 Å². The van der Waals surface area contributed by atoms with Crippen LogP contribution in [0.5, 0.6) is 0 Å². The molecule has 1 saturated heterocycles. The van der Waals surface area contributed by atoms with Crippen LogP contribution in [0.1, 0.15) is 35.5 Å². The molecule has 0 saturated carbocycles. The van der Waals surface area contributed by atoms with Crippen LogP contribution in [0.15, 0.2) is 24.5 Å². The lowest BCUT2D eigenvalue weighted by molar-refractivity contribution is 0.0697. The van der Waals surface area contributed by atoms with Crippen LogP contribution in [0.2, 0.25) is 0 Å². The molecule has 0 aromatic carbocycles. The van der Waals surface area contributed by atoms with Gasteiger partial charge in [-0.2, -0.15) is 5.10 Å². The molecular weight excluding hydrogens is 292 g/mol. The molecule has 0 aliphatic carbocycles. The SMILES string of the molecule is Cc1nc(N2CC(C)C(C)C2)ccc1Cn1cc(C(=O)O)cn1. The number of carboxylic acids is 1. The summed E-state index contributed by atoms with van der Waals surface area (Å²) in [6, 6.07) is 4.11. The topological polar surface area (TPSA) is 71.2 Å². The highest BCUT2D eigenvalue weighted by Crippen LogP contribution is 2.27. The van der Waals surface area contributed by atoms with E-state index in [2.05, 4.69) is 36.0 Å². The van der Waals surface area contributed by atoms with Crippen molar-refractivity contribution in [3.05, 3.63) is 41.3 Å². The lowest BCUT2D eigenvalue weighted by Crippen LogP contribution is -2.21. The van der Waals surface area contributed by atoms with E-state index >= 15 is 0 Å². The first-order valence-corrected chi connectivity index (χ1v) is 7.91. The molecule has 3 rings (SSSR count). The normalized spacial score (nSPS) is 20.9. The second-order valence-corrected chi connectivity index (χ2v) is 6.51. The lowest BCUT2D eigenvalue weighted by atomic mass is 10.0. The van der Waals surface area contributed by atoms with Crippen molar-refractivity contribution >= 4 is 11.8 Å². The van der Waals surface area contributed by atoms with E-state index in [1.165, 1.54) is 6.20 Å². The van der Waals surface area contributed by atoms with Gasteiger partial charge in [-0.3, -0.25) is 4.68 Å². The molecule has 2 aromatic rings. The van der Waals surface area contributed by atoms with Gasteiger partial charge in [-0.1, -0.05) is 19.9 Å². The highest BCUT2D eigenvalue weighted by Gasteiger charge is 2.27. The number of carbonyl (C=O) groups is 1. The molecule has 1 N–H and O–H groups in total. The minimum Gasteiger partial charge on any atom is -0.478 e. The van der Waals surface area contributed by atoms with E-state index < -0.39 is 5.97 Å². The Labute approximate surface area is 135 Å². The monoisotopic (exact) mass is 314 g/mol. The number of hydrogen-bond donors (Lipinski definition) is 1. The Balaban J connectivity index is 1.75. The Bertz CT molecular complexity index is 715. The first-order chi connectivity index (χ1) is 10.9. The van der Waals surface area contributed by atoms with Crippen molar-refractivity contribution in [3.63, 3.8) is 0 Å². The second kappa shape index (κ2) is 6.02. The predicted molar refractivity (Wildman–Crippen MR) is 87.8 cm³/mol. The van der Waals surface area contributed by atoms with Gasteiger partial charge in [0.1, 0.15) is 5.82 Å². The zero-order valence-corrected chi connectivity index (χ0v) is 13.7. The van der Waals surface area contributed by atoms with Crippen molar-refractivity contribution in [2.75, 3.05) is 18.0 Å². The lowest BCUT2D eigenvalue weighted by Gasteiger charge is -2.18. The fourth-order valence-corrected chi connectivity index (χ4v) is 2.97. The number of anilines is 1. The van der Waals surface area contributed by atoms with Crippen LogP contribution in [-0.4, -0.2) is 38.9 Å². The van der Waals surface area contributed by atoms with Crippen LogP contribution >= 0.6 is 0 Å². The fraction of sp³-hybridized carbons (Fsp3) is 0.471. The third-order valence-electron chi connectivity index (χ3n) is 4.71. The average molecular weight is 314 g/mol. The summed E-state index contributed by atoms with van der Waals surface area (Å²) in [5.41, 5.74) is 2.21. The average Bonchev–Trinajstić information content (AvgIpc) is 3.09. The molecule has 1 aliphatic heterocycles. The van der Waals surface area contributed by atoms with Crippen molar-refractivity contribution < 1.29 is 9.90 Å². The second-order valence-electron chi connectivity index (χ2n) is 6.51. The molecule has 23 heavy (non-hydrogen) atoms. The van der Waals surface area contributed by atoms with Gasteiger partial charge in [-0.05, 0) is 30.4 Å². The van der Waals surface area contributed by atoms with Crippen LogP contribution in [0.25, 0.3) is 0 Å². The molecular formula is C17H22N4O2. The Morgan fingerprint density at radius 2 is 2.00 bits per heavy atom. The Morgan fingerprint density at radius 3 is 2.57 bits per heavy atom. The number of nitrogens with zero attached hydrogens (tertiary/aromatic N) is 4. The maximum Gasteiger partial charge on any atom is 0.338 e. The number of hydrogen-bond acceptors (Lipinski definition) is 4. The summed E-state index contributed by atoms with van der Waals surface area (Å²) in [6.07, 6.45) is 2.91. The molecule has 0 spiro atoms. The van der Waals surface area contributed by atoms with Crippen LogP contribution < -0.4 is 4.90 Å². The summed E-state index contributed by atoms with van der Waals surface area (Å²) in [7, 11) is 0. The van der Waals surface area contributed by atoms with Gasteiger partial charge in [0.2, 0.25) is 0 Å². The highest BCUT2D eigenvalue weighted by molar-refractivity contribution is 5.86. The predicted octanol–water partition coefficient (Wildman–Crippen LogP) is 2.43. The van der Waals surface area contributed by atoms with Gasteiger partial charge in [0.15, 0.2) is 0 Å². The van der Waals surface area contributed by atoms with Crippen LogP contribution in [0.3, 0.4) is 0 Å². The van der Waals surface area contributed by atoms with Crippen LogP contribution in [0.4, 0.5) is 5.82 Å². The number of carboxylic acid groups (broad SMARTS) is 1. The number of aromatic nitrogens is 3. The summed E-state index contributed by atoms with van der Waals surface area (Å²) in [6.45, 7) is 9.18. The number of rotatable bonds is 4. The molecule has 1 aliphatic rings. The third kappa shape index (κ3) is 3.21. The van der Waals surface area contributed by atoms with E-state index in [0.29, 0.717) is 18.4 Å². The summed E-state index contributed by atoms with van der Waals surface area (Å²) in [4.78, 5) is 18.0. The standard InChI is InChI=1S/C17H22N4O2/c1-11-7-20(8-12(11)2)16-5-4-14(13(3)19-16)9-21-10-15(6-18-21)17(22)23/h4-6,10-12H,7-9H2,1-3H3,(H,22,23). The Hall–Kier alpha value is -2.37. The van der Waals surface area contributed by atoms with E-state index in [9.17, 15) is 4.79 Å². The largest absolute Gasteiger partial charge is 0.478 e. The van der Waals surface area contributed by atoms with Crippen molar-refractivity contribution in [1.82, 2.24) is 14.8 Å². The Morgan fingerprint density at radius 1 is 1.30 bits per heavy atom. The molecule has 0 radical (unpaired) electrons. The van der Waals surface area contributed by atoms with E-state index in [1.807, 2.05) is 6.92 Å². The molecule has 3 heterocycles. The van der Waals surface area contributed by atoms with Gasteiger partial charge < -0.3 is 10.0 Å². The van der Waals surface area contributed by atoms with Crippen molar-refractivity contribution in [2.45, 2.75) is 27.3 Å². The number of pyridine rings is 1. The molecule has 2 aromatic heterocycles. The molecule has 1 fully saturated rings. The van der Waals surface area contributed by atoms with Gasteiger partial charge in [-0.25, -0.2) is 9.78 Å². The molecule has 122 valence electrons. The minimum atomic E-state index is -0.960. The van der Waals surface area contributed by atoms with E-state index in [1.54, 1.807) is 10.9 Å². The zero-order valence-electron chi connectivity index (χ0n) is 13.7. The van der Waals surface area contributed by atoms with Gasteiger partial charge in [0, 0.05) is 25.0 Å². The van der Waals surface area contributed by atoms with Crippen LogP contribution in [-0.2, 0) is 6.54 Å². The molecule has 6 nitrogen and oxygen atoms in total. The molecule has 0 amide bonds. The van der Waals surface area contributed by atoms with E-state index in [0.717, 1.165) is 30.2 Å². The molecule has 2 unspecified atom stereocenters. The minimum absolute atomic E-state index is 0.201. The first-order valence-electron chi connectivity index (χ1n) is 7.91. The smallest absolute Gasteiger partial charge is 0.338 e. The highest BCUT2D eigenvalue weighted by atomic mass is 16.4. The van der Waals surface area contributed by atoms with Gasteiger partial charge >= 0.3 is 5.97 Å². The third-order valence-corrected chi connectivity index (χ3v) is 4.71.